The minimum absolute atomic E-state index is 0.0114. The molecule has 1 aliphatic heterocycles. The maximum absolute atomic E-state index is 11.9. The van der Waals surface area contributed by atoms with Crippen molar-refractivity contribution in [1.82, 2.24) is 4.90 Å². The van der Waals surface area contributed by atoms with Crippen molar-refractivity contribution >= 4 is 34.2 Å². The highest BCUT2D eigenvalue weighted by Crippen LogP contribution is 2.32. The molecule has 0 atom stereocenters. The molecule has 0 bridgehead atoms. The Bertz CT molecular complexity index is 446. The number of thioether (sulfide) groups is 1. The molecule has 1 aliphatic carbocycles. The third kappa shape index (κ3) is 2.18. The molecule has 1 saturated heterocycles. The molecule has 2 aliphatic rings. The molecule has 0 saturated carbocycles. The Morgan fingerprint density at radius 3 is 3.06 bits per heavy atom. The summed E-state index contributed by atoms with van der Waals surface area (Å²) in [6.45, 7) is 4.10. The average molecular weight is 249 g/mol. The second-order valence-corrected chi connectivity index (χ2v) is 5.13. The van der Waals surface area contributed by atoms with E-state index in [4.69, 9.17) is 12.2 Å². The number of rotatable bonds is 3. The Morgan fingerprint density at radius 2 is 2.44 bits per heavy atom. The maximum atomic E-state index is 11.9. The lowest BCUT2D eigenvalue weighted by Gasteiger charge is -2.10. The quantitative estimate of drug-likeness (QED) is 0.436. The van der Waals surface area contributed by atoms with Gasteiger partial charge in [0.15, 0.2) is 0 Å². The van der Waals surface area contributed by atoms with Crippen molar-refractivity contribution < 1.29 is 4.79 Å². The van der Waals surface area contributed by atoms with Gasteiger partial charge in [0, 0.05) is 6.54 Å². The summed E-state index contributed by atoms with van der Waals surface area (Å²) in [7, 11) is 0. The van der Waals surface area contributed by atoms with Crippen LogP contribution in [0.5, 0.6) is 0 Å². The Hall–Kier alpha value is -1.13. The summed E-state index contributed by atoms with van der Waals surface area (Å²) in [6.07, 6.45) is 10.6. The van der Waals surface area contributed by atoms with Crippen molar-refractivity contribution in [1.29, 1.82) is 0 Å². The first-order valence-corrected chi connectivity index (χ1v) is 6.17. The third-order valence-corrected chi connectivity index (χ3v) is 3.68. The van der Waals surface area contributed by atoms with Crippen LogP contribution in [0.4, 0.5) is 0 Å². The lowest BCUT2D eigenvalue weighted by Crippen LogP contribution is -2.27. The van der Waals surface area contributed by atoms with Gasteiger partial charge in [-0.25, -0.2) is 0 Å². The number of nitrogens with zero attached hydrogens (tertiary/aromatic N) is 1. The van der Waals surface area contributed by atoms with E-state index in [1.165, 1.54) is 11.8 Å². The molecule has 16 heavy (non-hydrogen) atoms. The molecule has 0 unspecified atom stereocenters. The molecule has 0 radical (unpaired) electrons. The number of thiocarbonyl (C=S) groups is 1. The Balaban J connectivity index is 2.16. The fourth-order valence-electron chi connectivity index (χ4n) is 1.53. The van der Waals surface area contributed by atoms with Gasteiger partial charge in [-0.15, -0.1) is 6.58 Å². The fourth-order valence-corrected chi connectivity index (χ4v) is 2.82. The van der Waals surface area contributed by atoms with Gasteiger partial charge in [-0.2, -0.15) is 0 Å². The van der Waals surface area contributed by atoms with Crippen molar-refractivity contribution in [2.75, 3.05) is 6.54 Å². The minimum atomic E-state index is -0.0114. The first-order valence-electron chi connectivity index (χ1n) is 4.94. The molecule has 2 rings (SSSR count). The van der Waals surface area contributed by atoms with Crippen LogP contribution in [0, 0.1) is 0 Å². The van der Waals surface area contributed by atoms with E-state index in [0.717, 1.165) is 12.0 Å². The standard InChI is InChI=1S/C12H11NOS2/c1-2-7-13-11(14)10(16-12(13)15)8-9-5-3-4-6-9/h2-5,8H,1,6-7H2. The second-order valence-electron chi connectivity index (χ2n) is 3.45. The highest BCUT2D eigenvalue weighted by Gasteiger charge is 2.30. The summed E-state index contributed by atoms with van der Waals surface area (Å²) in [4.78, 5) is 14.2. The van der Waals surface area contributed by atoms with Crippen molar-refractivity contribution in [3.63, 3.8) is 0 Å². The summed E-state index contributed by atoms with van der Waals surface area (Å²) in [5, 5.41) is 0. The van der Waals surface area contributed by atoms with E-state index >= 15 is 0 Å². The second kappa shape index (κ2) is 4.80. The van der Waals surface area contributed by atoms with E-state index in [1.807, 2.05) is 18.2 Å². The van der Waals surface area contributed by atoms with E-state index in [-0.39, 0.29) is 5.91 Å². The first-order chi connectivity index (χ1) is 7.72. The van der Waals surface area contributed by atoms with Crippen LogP contribution in [-0.2, 0) is 4.79 Å². The van der Waals surface area contributed by atoms with Crippen LogP contribution in [0.1, 0.15) is 6.42 Å². The SMILES string of the molecule is C=CCN1C(=O)C(=CC2=CC=CC2)SC1=S. The van der Waals surface area contributed by atoms with Crippen LogP contribution < -0.4 is 0 Å². The van der Waals surface area contributed by atoms with Gasteiger partial charge in [0.25, 0.3) is 5.91 Å². The summed E-state index contributed by atoms with van der Waals surface area (Å²) in [5.41, 5.74) is 1.15. The first kappa shape index (κ1) is 11.4. The molecule has 1 fully saturated rings. The molecule has 82 valence electrons. The zero-order valence-electron chi connectivity index (χ0n) is 8.68. The van der Waals surface area contributed by atoms with Gasteiger partial charge < -0.3 is 0 Å². The van der Waals surface area contributed by atoms with Gasteiger partial charge in [0.05, 0.1) is 4.91 Å². The predicted octanol–water partition coefficient (Wildman–Crippen LogP) is 2.80. The average Bonchev–Trinajstić information content (AvgIpc) is 2.84. The molecular formula is C12H11NOS2. The smallest absolute Gasteiger partial charge is 0.266 e. The summed E-state index contributed by atoms with van der Waals surface area (Å²) >= 11 is 6.51. The van der Waals surface area contributed by atoms with Crippen LogP contribution in [0.3, 0.4) is 0 Å². The summed E-state index contributed by atoms with van der Waals surface area (Å²) in [5.74, 6) is -0.0114. The minimum Gasteiger partial charge on any atom is -0.289 e. The van der Waals surface area contributed by atoms with Crippen LogP contribution >= 0.6 is 24.0 Å². The largest absolute Gasteiger partial charge is 0.289 e. The van der Waals surface area contributed by atoms with Gasteiger partial charge in [0.2, 0.25) is 0 Å². The van der Waals surface area contributed by atoms with E-state index in [0.29, 0.717) is 15.8 Å². The Kier molecular flexibility index (Phi) is 3.41. The van der Waals surface area contributed by atoms with E-state index in [2.05, 4.69) is 12.7 Å². The number of carbonyl (C=O) groups is 1. The van der Waals surface area contributed by atoms with Crippen molar-refractivity contribution in [3.05, 3.63) is 47.4 Å². The van der Waals surface area contributed by atoms with Crippen LogP contribution in [0.2, 0.25) is 0 Å². The normalized spacial score (nSPS) is 22.1. The highest BCUT2D eigenvalue weighted by atomic mass is 32.2. The molecule has 0 aromatic rings. The summed E-state index contributed by atoms with van der Waals surface area (Å²) in [6, 6.07) is 0. The van der Waals surface area contributed by atoms with Crippen molar-refractivity contribution in [3.8, 4) is 0 Å². The topological polar surface area (TPSA) is 20.3 Å². The predicted molar refractivity (Wildman–Crippen MR) is 72.0 cm³/mol. The van der Waals surface area contributed by atoms with Crippen LogP contribution in [0.15, 0.2) is 47.4 Å². The number of carbonyl (C=O) groups excluding carboxylic acids is 1. The van der Waals surface area contributed by atoms with E-state index in [9.17, 15) is 4.79 Å². The number of amides is 1. The molecule has 0 N–H and O–H groups in total. The number of allylic oxidation sites excluding steroid dienone is 5. The molecule has 4 heteroatoms. The zero-order chi connectivity index (χ0) is 11.5. The van der Waals surface area contributed by atoms with Crippen molar-refractivity contribution in [2.24, 2.45) is 0 Å². The maximum Gasteiger partial charge on any atom is 0.266 e. The highest BCUT2D eigenvalue weighted by molar-refractivity contribution is 8.26. The molecule has 0 aromatic carbocycles. The fraction of sp³-hybridized carbons (Fsp3) is 0.167. The van der Waals surface area contributed by atoms with Crippen LogP contribution in [0.25, 0.3) is 0 Å². The monoisotopic (exact) mass is 249 g/mol. The zero-order valence-corrected chi connectivity index (χ0v) is 10.3. The van der Waals surface area contributed by atoms with Gasteiger partial charge in [-0.3, -0.25) is 9.69 Å². The third-order valence-electron chi connectivity index (χ3n) is 2.30. The molecule has 1 amide bonds. The Morgan fingerprint density at radius 1 is 1.62 bits per heavy atom. The van der Waals surface area contributed by atoms with E-state index in [1.54, 1.807) is 11.0 Å². The van der Waals surface area contributed by atoms with Gasteiger partial charge in [0.1, 0.15) is 4.32 Å². The molecule has 0 aromatic heterocycles. The molecular weight excluding hydrogens is 238 g/mol. The molecule has 2 nitrogen and oxygen atoms in total. The summed E-state index contributed by atoms with van der Waals surface area (Å²) < 4.78 is 0.614. The van der Waals surface area contributed by atoms with Crippen molar-refractivity contribution in [2.45, 2.75) is 6.42 Å². The molecule has 1 heterocycles. The van der Waals surface area contributed by atoms with Gasteiger partial charge in [-0.1, -0.05) is 48.3 Å². The lowest BCUT2D eigenvalue weighted by molar-refractivity contribution is -0.121. The van der Waals surface area contributed by atoms with Gasteiger partial charge in [-0.05, 0) is 18.1 Å². The Labute approximate surface area is 104 Å². The number of hydrogen-bond acceptors (Lipinski definition) is 3. The lowest BCUT2D eigenvalue weighted by atomic mass is 10.2. The van der Waals surface area contributed by atoms with E-state index < -0.39 is 0 Å². The number of hydrogen-bond donors (Lipinski definition) is 0. The molecule has 0 spiro atoms. The van der Waals surface area contributed by atoms with Gasteiger partial charge >= 0.3 is 0 Å². The van der Waals surface area contributed by atoms with Crippen LogP contribution in [-0.4, -0.2) is 21.7 Å².